The molecule has 0 spiro atoms. The molecular weight excluding hydrogens is 406 g/mol. The van der Waals surface area contributed by atoms with Gasteiger partial charge in [-0.15, -0.1) is 0 Å². The molecule has 0 radical (unpaired) electrons. The van der Waals surface area contributed by atoms with E-state index in [1.807, 2.05) is 0 Å². The van der Waals surface area contributed by atoms with Gasteiger partial charge in [0.15, 0.2) is 0 Å². The standard InChI is InChI=1S/C9H6F14O2/c10-3(11)5(14,15)1-24-7(8(18,19)20,9(21,22)23)25-2-6(16,17)4(12)13/h3-4H,1-2H2. The summed E-state index contributed by atoms with van der Waals surface area (Å²) < 4.78 is 178. The number of hydrogen-bond donors (Lipinski definition) is 0. The summed E-state index contributed by atoms with van der Waals surface area (Å²) in [5.74, 6) is -17.4. The van der Waals surface area contributed by atoms with E-state index in [1.54, 1.807) is 0 Å². The van der Waals surface area contributed by atoms with Gasteiger partial charge in [0.1, 0.15) is 13.2 Å². The topological polar surface area (TPSA) is 18.5 Å². The summed E-state index contributed by atoms with van der Waals surface area (Å²) in [6.07, 6.45) is -23.4. The number of alkyl halides is 14. The smallest absolute Gasteiger partial charge is 0.329 e. The number of ether oxygens (including phenoxy) is 2. The highest BCUT2D eigenvalue weighted by Gasteiger charge is 2.76. The molecule has 0 saturated carbocycles. The number of halogens is 14. The first-order valence-corrected chi connectivity index (χ1v) is 5.53. The lowest BCUT2D eigenvalue weighted by molar-refractivity contribution is -0.480. The van der Waals surface area contributed by atoms with Crippen LogP contribution in [0.2, 0.25) is 0 Å². The third-order valence-corrected chi connectivity index (χ3v) is 2.32. The molecule has 0 N–H and O–H groups in total. The summed E-state index contributed by atoms with van der Waals surface area (Å²) >= 11 is 0. The van der Waals surface area contributed by atoms with Gasteiger partial charge in [-0.1, -0.05) is 0 Å². The van der Waals surface area contributed by atoms with Crippen molar-refractivity contribution in [3.8, 4) is 0 Å². The zero-order chi connectivity index (χ0) is 20.5. The average molecular weight is 412 g/mol. The Bertz CT molecular complexity index is 385. The first-order chi connectivity index (χ1) is 10.8. The van der Waals surface area contributed by atoms with E-state index in [4.69, 9.17) is 0 Å². The van der Waals surface area contributed by atoms with Gasteiger partial charge in [-0.25, -0.2) is 17.6 Å². The van der Waals surface area contributed by atoms with E-state index >= 15 is 0 Å². The summed E-state index contributed by atoms with van der Waals surface area (Å²) in [5.41, 5.74) is 0. The number of hydrogen-bond acceptors (Lipinski definition) is 2. The van der Waals surface area contributed by atoms with Crippen molar-refractivity contribution in [1.29, 1.82) is 0 Å². The highest BCUT2D eigenvalue weighted by atomic mass is 19.4. The van der Waals surface area contributed by atoms with E-state index in [1.165, 1.54) is 0 Å². The van der Waals surface area contributed by atoms with Gasteiger partial charge in [-0.3, -0.25) is 0 Å². The van der Waals surface area contributed by atoms with Crippen molar-refractivity contribution in [3.05, 3.63) is 0 Å². The van der Waals surface area contributed by atoms with Crippen LogP contribution >= 0.6 is 0 Å². The van der Waals surface area contributed by atoms with Crippen molar-refractivity contribution in [2.45, 2.75) is 42.8 Å². The Hall–Kier alpha value is -1.06. The normalized spacial score (nSPS) is 15.4. The van der Waals surface area contributed by atoms with E-state index in [0.29, 0.717) is 0 Å². The summed E-state index contributed by atoms with van der Waals surface area (Å²) in [4.78, 5) is 0. The number of rotatable bonds is 8. The van der Waals surface area contributed by atoms with Crippen molar-refractivity contribution in [1.82, 2.24) is 0 Å². The van der Waals surface area contributed by atoms with Crippen LogP contribution in [0.1, 0.15) is 0 Å². The minimum atomic E-state index is -6.92. The maximum absolute atomic E-state index is 12.6. The van der Waals surface area contributed by atoms with Crippen LogP contribution in [0.5, 0.6) is 0 Å². The third-order valence-electron chi connectivity index (χ3n) is 2.32. The van der Waals surface area contributed by atoms with Crippen LogP contribution in [0.4, 0.5) is 61.5 Å². The van der Waals surface area contributed by atoms with Gasteiger partial charge in [0.05, 0.1) is 0 Å². The van der Waals surface area contributed by atoms with Crippen molar-refractivity contribution in [2.75, 3.05) is 13.2 Å². The Morgan fingerprint density at radius 2 is 0.760 bits per heavy atom. The molecule has 2 nitrogen and oxygen atoms in total. The second-order valence-corrected chi connectivity index (χ2v) is 4.31. The molecule has 0 aromatic carbocycles. The van der Waals surface area contributed by atoms with Gasteiger partial charge in [-0.2, -0.15) is 43.9 Å². The minimum Gasteiger partial charge on any atom is -0.329 e. The SMILES string of the molecule is FC(F)C(F)(F)COC(OCC(F)(F)C(F)F)(C(F)(F)F)C(F)(F)F. The first-order valence-electron chi connectivity index (χ1n) is 5.53. The Morgan fingerprint density at radius 3 is 0.920 bits per heavy atom. The Kier molecular flexibility index (Phi) is 6.97. The quantitative estimate of drug-likeness (QED) is 0.427. The predicted octanol–water partition coefficient (Wildman–Crippen LogP) is 4.64. The molecule has 0 saturated heterocycles. The highest BCUT2D eigenvalue weighted by molar-refractivity contribution is 4.90. The summed E-state index contributed by atoms with van der Waals surface area (Å²) in [7, 11) is 0. The maximum Gasteiger partial charge on any atom is 0.453 e. The van der Waals surface area contributed by atoms with E-state index < -0.39 is 56.0 Å². The second-order valence-electron chi connectivity index (χ2n) is 4.31. The van der Waals surface area contributed by atoms with Crippen molar-refractivity contribution < 1.29 is 70.9 Å². The van der Waals surface area contributed by atoms with Gasteiger partial charge in [0, 0.05) is 0 Å². The highest BCUT2D eigenvalue weighted by Crippen LogP contribution is 2.48. The first kappa shape index (κ1) is 23.9. The van der Waals surface area contributed by atoms with Crippen LogP contribution in [-0.4, -0.2) is 56.0 Å². The van der Waals surface area contributed by atoms with E-state index in [0.717, 1.165) is 0 Å². The van der Waals surface area contributed by atoms with Crippen molar-refractivity contribution >= 4 is 0 Å². The van der Waals surface area contributed by atoms with Crippen LogP contribution < -0.4 is 0 Å². The van der Waals surface area contributed by atoms with Gasteiger partial charge in [-0.05, 0) is 0 Å². The van der Waals surface area contributed by atoms with E-state index in [9.17, 15) is 61.5 Å². The zero-order valence-corrected chi connectivity index (χ0v) is 11.2. The van der Waals surface area contributed by atoms with Crippen molar-refractivity contribution in [2.24, 2.45) is 0 Å². The molecule has 152 valence electrons. The van der Waals surface area contributed by atoms with E-state index in [2.05, 4.69) is 9.47 Å². The molecule has 0 rings (SSSR count). The summed E-state index contributed by atoms with van der Waals surface area (Å²) in [6.45, 7) is -6.52. The Balaban J connectivity index is 5.79. The molecular formula is C9H6F14O2. The third kappa shape index (κ3) is 5.46. The molecule has 0 amide bonds. The lowest BCUT2D eigenvalue weighted by atomic mass is 10.2. The van der Waals surface area contributed by atoms with Crippen LogP contribution in [0.15, 0.2) is 0 Å². The predicted molar refractivity (Wildman–Crippen MR) is 48.6 cm³/mol. The molecule has 0 bridgehead atoms. The summed E-state index contributed by atoms with van der Waals surface area (Å²) in [5, 5.41) is 0. The van der Waals surface area contributed by atoms with E-state index in [-0.39, 0.29) is 0 Å². The van der Waals surface area contributed by atoms with Crippen LogP contribution in [-0.2, 0) is 9.47 Å². The Labute approximate surface area is 128 Å². The van der Waals surface area contributed by atoms with Gasteiger partial charge < -0.3 is 9.47 Å². The van der Waals surface area contributed by atoms with Gasteiger partial charge in [0.25, 0.3) is 0 Å². The lowest BCUT2D eigenvalue weighted by Crippen LogP contribution is -2.63. The molecule has 0 fully saturated rings. The minimum absolute atomic E-state index is 2.68. The average Bonchev–Trinajstić information content (AvgIpc) is 2.34. The molecule has 25 heavy (non-hydrogen) atoms. The van der Waals surface area contributed by atoms with Gasteiger partial charge in [0.2, 0.25) is 0 Å². The molecule has 0 aromatic heterocycles. The molecule has 0 heterocycles. The fourth-order valence-corrected chi connectivity index (χ4v) is 1.05. The lowest BCUT2D eigenvalue weighted by Gasteiger charge is -2.37. The van der Waals surface area contributed by atoms with Crippen molar-refractivity contribution in [3.63, 3.8) is 0 Å². The molecule has 16 heteroatoms. The monoisotopic (exact) mass is 412 g/mol. The van der Waals surface area contributed by atoms with Crippen LogP contribution in [0, 0.1) is 0 Å². The van der Waals surface area contributed by atoms with Gasteiger partial charge >= 0.3 is 42.8 Å². The zero-order valence-electron chi connectivity index (χ0n) is 11.2. The maximum atomic E-state index is 12.6. The Morgan fingerprint density at radius 1 is 0.520 bits per heavy atom. The van der Waals surface area contributed by atoms with Crippen LogP contribution in [0.25, 0.3) is 0 Å². The summed E-state index contributed by atoms with van der Waals surface area (Å²) in [6, 6.07) is 0. The fraction of sp³-hybridized carbons (Fsp3) is 1.00. The molecule has 0 unspecified atom stereocenters. The van der Waals surface area contributed by atoms with Crippen LogP contribution in [0.3, 0.4) is 0 Å². The second kappa shape index (κ2) is 7.28. The largest absolute Gasteiger partial charge is 0.453 e. The molecule has 0 atom stereocenters. The fourth-order valence-electron chi connectivity index (χ4n) is 1.05. The molecule has 0 aliphatic heterocycles. The molecule has 0 aliphatic rings. The molecule has 0 aromatic rings. The molecule has 0 aliphatic carbocycles.